The maximum atomic E-state index is 12.8. The van der Waals surface area contributed by atoms with Crippen LogP contribution in [0.15, 0.2) is 24.3 Å². The van der Waals surface area contributed by atoms with Gasteiger partial charge in [-0.3, -0.25) is 0 Å². The van der Waals surface area contributed by atoms with Gasteiger partial charge in [0, 0.05) is 11.6 Å². The molecule has 4 heteroatoms. The topological polar surface area (TPSA) is 52.5 Å². The first kappa shape index (κ1) is 15.1. The highest BCUT2D eigenvalue weighted by Gasteiger charge is 2.26. The fourth-order valence-corrected chi connectivity index (χ4v) is 1.84. The molecule has 3 N–H and O–H groups in total. The number of benzene rings is 1. The second-order valence-electron chi connectivity index (χ2n) is 5.20. The second kappa shape index (κ2) is 6.27. The maximum absolute atomic E-state index is 12.8. The summed E-state index contributed by atoms with van der Waals surface area (Å²) in [5.74, 6) is -0.317. The van der Waals surface area contributed by atoms with Gasteiger partial charge in [-0.25, -0.2) is 4.39 Å². The first-order valence-electron chi connectivity index (χ1n) is 6.21. The van der Waals surface area contributed by atoms with Crippen LogP contribution in [0.1, 0.15) is 38.9 Å². The van der Waals surface area contributed by atoms with E-state index in [1.54, 1.807) is 12.1 Å². The Morgan fingerprint density at radius 1 is 1.28 bits per heavy atom. The van der Waals surface area contributed by atoms with Crippen molar-refractivity contribution in [1.29, 1.82) is 0 Å². The molecule has 0 radical (unpaired) electrons. The molecule has 0 amide bonds. The van der Waals surface area contributed by atoms with Crippen molar-refractivity contribution in [1.82, 2.24) is 5.32 Å². The molecule has 2 unspecified atom stereocenters. The summed E-state index contributed by atoms with van der Waals surface area (Å²) in [4.78, 5) is 0. The van der Waals surface area contributed by atoms with Crippen LogP contribution in [-0.4, -0.2) is 28.4 Å². The van der Waals surface area contributed by atoms with E-state index in [-0.39, 0.29) is 18.5 Å². The van der Waals surface area contributed by atoms with Crippen LogP contribution in [0.5, 0.6) is 0 Å². The van der Waals surface area contributed by atoms with Crippen molar-refractivity contribution in [3.8, 4) is 0 Å². The number of hydrogen-bond donors (Lipinski definition) is 3. The molecule has 18 heavy (non-hydrogen) atoms. The van der Waals surface area contributed by atoms with Gasteiger partial charge in [0.25, 0.3) is 0 Å². The van der Waals surface area contributed by atoms with Crippen molar-refractivity contribution in [2.45, 2.75) is 44.9 Å². The number of rotatable bonds is 6. The fourth-order valence-electron chi connectivity index (χ4n) is 1.84. The number of aliphatic hydroxyl groups is 2. The van der Waals surface area contributed by atoms with Gasteiger partial charge in [-0.05, 0) is 38.0 Å². The lowest BCUT2D eigenvalue weighted by Crippen LogP contribution is -2.50. The molecule has 0 aromatic heterocycles. The smallest absolute Gasteiger partial charge is 0.123 e. The standard InChI is InChI=1S/C14H22FNO2/c1-4-12(16-14(2,3)9-17)13(18)10-5-7-11(15)8-6-10/h5-8,12-13,16-18H,4,9H2,1-3H3. The summed E-state index contributed by atoms with van der Waals surface area (Å²) in [6, 6.07) is 5.65. The highest BCUT2D eigenvalue weighted by Crippen LogP contribution is 2.21. The van der Waals surface area contributed by atoms with E-state index in [0.717, 1.165) is 0 Å². The predicted molar refractivity (Wildman–Crippen MR) is 69.7 cm³/mol. The van der Waals surface area contributed by atoms with E-state index in [1.807, 2.05) is 20.8 Å². The highest BCUT2D eigenvalue weighted by molar-refractivity contribution is 5.20. The molecule has 102 valence electrons. The Bertz CT molecular complexity index is 365. The molecule has 1 aromatic carbocycles. The zero-order chi connectivity index (χ0) is 13.8. The Morgan fingerprint density at radius 2 is 1.83 bits per heavy atom. The summed E-state index contributed by atoms with van der Waals surface area (Å²) < 4.78 is 12.8. The van der Waals surface area contributed by atoms with Gasteiger partial charge in [0.2, 0.25) is 0 Å². The molecule has 0 saturated carbocycles. The van der Waals surface area contributed by atoms with Crippen LogP contribution < -0.4 is 5.32 Å². The molecule has 3 nitrogen and oxygen atoms in total. The van der Waals surface area contributed by atoms with E-state index in [2.05, 4.69) is 5.32 Å². The van der Waals surface area contributed by atoms with Crippen molar-refractivity contribution < 1.29 is 14.6 Å². The van der Waals surface area contributed by atoms with E-state index in [4.69, 9.17) is 0 Å². The average molecular weight is 255 g/mol. The van der Waals surface area contributed by atoms with Crippen LogP contribution in [0, 0.1) is 5.82 Å². The highest BCUT2D eigenvalue weighted by atomic mass is 19.1. The molecular weight excluding hydrogens is 233 g/mol. The Labute approximate surface area is 108 Å². The van der Waals surface area contributed by atoms with Gasteiger partial charge in [-0.2, -0.15) is 0 Å². The molecule has 0 heterocycles. The lowest BCUT2D eigenvalue weighted by molar-refractivity contribution is 0.0898. The number of halogens is 1. The lowest BCUT2D eigenvalue weighted by Gasteiger charge is -2.32. The quantitative estimate of drug-likeness (QED) is 0.728. The van der Waals surface area contributed by atoms with Gasteiger partial charge in [0.1, 0.15) is 5.82 Å². The van der Waals surface area contributed by atoms with E-state index < -0.39 is 11.6 Å². The minimum atomic E-state index is -0.721. The van der Waals surface area contributed by atoms with Gasteiger partial charge in [-0.15, -0.1) is 0 Å². The van der Waals surface area contributed by atoms with Gasteiger partial charge in [0.05, 0.1) is 12.7 Å². The van der Waals surface area contributed by atoms with Crippen LogP contribution in [0.3, 0.4) is 0 Å². The van der Waals surface area contributed by atoms with Crippen LogP contribution in [0.2, 0.25) is 0 Å². The van der Waals surface area contributed by atoms with Gasteiger partial charge in [0.15, 0.2) is 0 Å². The zero-order valence-electron chi connectivity index (χ0n) is 11.2. The predicted octanol–water partition coefficient (Wildman–Crippen LogP) is 2.00. The molecule has 0 aliphatic heterocycles. The van der Waals surface area contributed by atoms with Crippen LogP contribution >= 0.6 is 0 Å². The molecule has 1 aromatic rings. The third-order valence-corrected chi connectivity index (χ3v) is 3.00. The average Bonchev–Trinajstić information content (AvgIpc) is 2.36. The molecular formula is C14H22FNO2. The number of nitrogens with one attached hydrogen (secondary N) is 1. The van der Waals surface area contributed by atoms with Gasteiger partial charge >= 0.3 is 0 Å². The molecule has 0 fully saturated rings. The number of hydrogen-bond acceptors (Lipinski definition) is 3. The van der Waals surface area contributed by atoms with Crippen molar-refractivity contribution in [3.05, 3.63) is 35.6 Å². The van der Waals surface area contributed by atoms with Gasteiger partial charge in [-0.1, -0.05) is 19.1 Å². The largest absolute Gasteiger partial charge is 0.394 e. The van der Waals surface area contributed by atoms with Crippen molar-refractivity contribution >= 4 is 0 Å². The number of aliphatic hydroxyl groups excluding tert-OH is 2. The van der Waals surface area contributed by atoms with Crippen molar-refractivity contribution in [2.75, 3.05) is 6.61 Å². The Hall–Kier alpha value is -0.970. The summed E-state index contributed by atoms with van der Waals surface area (Å²) in [5.41, 5.74) is 0.214. The molecule has 1 rings (SSSR count). The zero-order valence-corrected chi connectivity index (χ0v) is 11.2. The normalized spacial score (nSPS) is 15.4. The van der Waals surface area contributed by atoms with E-state index >= 15 is 0 Å². The fraction of sp³-hybridized carbons (Fsp3) is 0.571. The molecule has 0 saturated heterocycles. The molecule has 0 spiro atoms. The Kier molecular flexibility index (Phi) is 5.26. The third-order valence-electron chi connectivity index (χ3n) is 3.00. The second-order valence-corrected chi connectivity index (χ2v) is 5.20. The summed E-state index contributed by atoms with van der Waals surface area (Å²) >= 11 is 0. The van der Waals surface area contributed by atoms with Crippen LogP contribution in [-0.2, 0) is 0 Å². The first-order chi connectivity index (χ1) is 8.39. The van der Waals surface area contributed by atoms with Gasteiger partial charge < -0.3 is 15.5 Å². The van der Waals surface area contributed by atoms with Crippen molar-refractivity contribution in [2.24, 2.45) is 0 Å². The van der Waals surface area contributed by atoms with Crippen molar-refractivity contribution in [3.63, 3.8) is 0 Å². The maximum Gasteiger partial charge on any atom is 0.123 e. The molecule has 0 aliphatic rings. The molecule has 0 bridgehead atoms. The van der Waals surface area contributed by atoms with Crippen LogP contribution in [0.25, 0.3) is 0 Å². The van der Waals surface area contributed by atoms with E-state index in [9.17, 15) is 14.6 Å². The minimum absolute atomic E-state index is 0.0142. The lowest BCUT2D eigenvalue weighted by atomic mass is 9.96. The first-order valence-corrected chi connectivity index (χ1v) is 6.21. The Morgan fingerprint density at radius 3 is 2.28 bits per heavy atom. The molecule has 0 aliphatic carbocycles. The molecule has 2 atom stereocenters. The summed E-state index contributed by atoms with van der Waals surface area (Å²) in [5, 5.41) is 22.7. The van der Waals surface area contributed by atoms with Crippen LogP contribution in [0.4, 0.5) is 4.39 Å². The van der Waals surface area contributed by atoms with E-state index in [0.29, 0.717) is 12.0 Å². The Balaban J connectivity index is 2.79. The van der Waals surface area contributed by atoms with E-state index in [1.165, 1.54) is 12.1 Å². The minimum Gasteiger partial charge on any atom is -0.394 e. The third kappa shape index (κ3) is 4.05. The summed E-state index contributed by atoms with van der Waals surface area (Å²) in [6.07, 6.45) is -0.0106. The monoisotopic (exact) mass is 255 g/mol. The SMILES string of the molecule is CCC(NC(C)(C)CO)C(O)c1ccc(F)cc1. The summed E-state index contributed by atoms with van der Waals surface area (Å²) in [6.45, 7) is 5.68. The summed E-state index contributed by atoms with van der Waals surface area (Å²) in [7, 11) is 0.